The summed E-state index contributed by atoms with van der Waals surface area (Å²) in [4.78, 5) is 10.6. The minimum Gasteiger partial charge on any atom is -0.258 e. The molecule has 0 atom stereocenters. The number of hydrogen-bond donors (Lipinski definition) is 0. The number of benzene rings is 2. The Hall–Kier alpha value is -1.68. The van der Waals surface area contributed by atoms with Crippen LogP contribution in [-0.2, 0) is 11.8 Å². The van der Waals surface area contributed by atoms with Crippen molar-refractivity contribution in [3.05, 3.63) is 75.3 Å². The second-order valence-corrected chi connectivity index (χ2v) is 4.57. The molecule has 0 saturated carbocycles. The second kappa shape index (κ2) is 5.78. The van der Waals surface area contributed by atoms with Gasteiger partial charge in [-0.3, -0.25) is 10.1 Å². The molecule has 2 rings (SSSR count). The fraction of sp³-hybridized carbons (Fsp3) is 0.143. The molecular formula is C14H12BrNO2. The summed E-state index contributed by atoms with van der Waals surface area (Å²) in [6, 6.07) is 14.9. The average Bonchev–Trinajstić information content (AvgIpc) is 2.40. The van der Waals surface area contributed by atoms with Crippen LogP contribution in [0.5, 0.6) is 0 Å². The third kappa shape index (κ3) is 2.96. The largest absolute Gasteiger partial charge is 0.272 e. The zero-order valence-corrected chi connectivity index (χ0v) is 11.3. The van der Waals surface area contributed by atoms with Crippen LogP contribution in [-0.4, -0.2) is 4.92 Å². The molecule has 18 heavy (non-hydrogen) atoms. The van der Waals surface area contributed by atoms with Crippen LogP contribution in [0.15, 0.2) is 48.5 Å². The van der Waals surface area contributed by atoms with Crippen molar-refractivity contribution in [3.63, 3.8) is 0 Å². The molecule has 0 fully saturated rings. The molecule has 0 saturated heterocycles. The van der Waals surface area contributed by atoms with E-state index in [1.54, 1.807) is 18.2 Å². The van der Waals surface area contributed by atoms with Crippen molar-refractivity contribution >= 4 is 21.6 Å². The Morgan fingerprint density at radius 3 is 2.22 bits per heavy atom. The van der Waals surface area contributed by atoms with Crippen molar-refractivity contribution < 1.29 is 4.92 Å². The van der Waals surface area contributed by atoms with Crippen molar-refractivity contribution in [3.8, 4) is 0 Å². The summed E-state index contributed by atoms with van der Waals surface area (Å²) in [5, 5.41) is 11.7. The molecular weight excluding hydrogens is 294 g/mol. The van der Waals surface area contributed by atoms with Gasteiger partial charge in [-0.2, -0.15) is 0 Å². The van der Waals surface area contributed by atoms with Gasteiger partial charge >= 0.3 is 0 Å². The van der Waals surface area contributed by atoms with Crippen molar-refractivity contribution in [2.24, 2.45) is 0 Å². The van der Waals surface area contributed by atoms with Gasteiger partial charge in [0.1, 0.15) is 0 Å². The summed E-state index contributed by atoms with van der Waals surface area (Å²) < 4.78 is 0. The van der Waals surface area contributed by atoms with E-state index in [-0.39, 0.29) is 10.6 Å². The van der Waals surface area contributed by atoms with E-state index in [0.717, 1.165) is 16.5 Å². The second-order valence-electron chi connectivity index (χ2n) is 4.01. The fourth-order valence-electron chi connectivity index (χ4n) is 1.80. The lowest BCUT2D eigenvalue weighted by molar-refractivity contribution is -0.385. The highest BCUT2D eigenvalue weighted by molar-refractivity contribution is 9.08. The van der Waals surface area contributed by atoms with Crippen LogP contribution < -0.4 is 0 Å². The maximum Gasteiger partial charge on any atom is 0.272 e. The van der Waals surface area contributed by atoms with Crippen molar-refractivity contribution in [2.75, 3.05) is 0 Å². The zero-order chi connectivity index (χ0) is 13.0. The normalized spacial score (nSPS) is 10.3. The van der Waals surface area contributed by atoms with Crippen LogP contribution in [0.3, 0.4) is 0 Å². The van der Waals surface area contributed by atoms with Crippen molar-refractivity contribution in [1.29, 1.82) is 0 Å². The van der Waals surface area contributed by atoms with Gasteiger partial charge in [-0.15, -0.1) is 0 Å². The van der Waals surface area contributed by atoms with Crippen molar-refractivity contribution in [2.45, 2.75) is 11.8 Å². The Labute approximate surface area is 114 Å². The topological polar surface area (TPSA) is 43.1 Å². The van der Waals surface area contributed by atoms with Crippen LogP contribution in [0.25, 0.3) is 0 Å². The van der Waals surface area contributed by atoms with Crippen molar-refractivity contribution in [1.82, 2.24) is 0 Å². The highest BCUT2D eigenvalue weighted by Gasteiger charge is 2.12. The summed E-state index contributed by atoms with van der Waals surface area (Å²) >= 11 is 3.39. The molecule has 0 aliphatic carbocycles. The number of hydrogen-bond acceptors (Lipinski definition) is 2. The molecule has 0 N–H and O–H groups in total. The Bertz CT molecular complexity index is 552. The molecule has 0 aliphatic rings. The third-order valence-electron chi connectivity index (χ3n) is 2.76. The van der Waals surface area contributed by atoms with Gasteiger partial charge in [0.2, 0.25) is 0 Å². The third-order valence-corrected chi connectivity index (χ3v) is 3.41. The molecule has 0 aliphatic heterocycles. The molecule has 2 aromatic carbocycles. The zero-order valence-electron chi connectivity index (χ0n) is 9.67. The first-order valence-electron chi connectivity index (χ1n) is 5.57. The molecule has 0 radical (unpaired) electrons. The fourth-order valence-corrected chi connectivity index (χ4v) is 2.18. The Morgan fingerprint density at radius 1 is 1.00 bits per heavy atom. The molecule has 0 heterocycles. The van der Waals surface area contributed by atoms with Crippen LogP contribution in [0.1, 0.15) is 16.7 Å². The number of nitrogens with zero attached hydrogens (tertiary/aromatic N) is 1. The van der Waals surface area contributed by atoms with Gasteiger partial charge in [-0.25, -0.2) is 0 Å². The molecule has 0 unspecified atom stereocenters. The highest BCUT2D eigenvalue weighted by atomic mass is 79.9. The molecule has 2 aromatic rings. The van der Waals surface area contributed by atoms with Gasteiger partial charge in [0.05, 0.1) is 4.92 Å². The van der Waals surface area contributed by atoms with Gasteiger partial charge in [-0.05, 0) is 11.1 Å². The SMILES string of the molecule is O=[N+]([O-])c1ccccc1Cc1ccc(CBr)cc1. The first-order chi connectivity index (χ1) is 8.70. The van der Waals surface area contributed by atoms with E-state index in [9.17, 15) is 10.1 Å². The lowest BCUT2D eigenvalue weighted by Gasteiger charge is -2.04. The van der Waals surface area contributed by atoms with Gasteiger partial charge in [-0.1, -0.05) is 58.4 Å². The van der Waals surface area contributed by atoms with E-state index in [4.69, 9.17) is 0 Å². The van der Waals surface area contributed by atoms with Crippen LogP contribution in [0, 0.1) is 10.1 Å². The van der Waals surface area contributed by atoms with Crippen LogP contribution >= 0.6 is 15.9 Å². The molecule has 3 nitrogen and oxygen atoms in total. The smallest absolute Gasteiger partial charge is 0.258 e. The number of para-hydroxylation sites is 1. The summed E-state index contributed by atoms with van der Waals surface area (Å²) in [5.41, 5.74) is 3.20. The van der Waals surface area contributed by atoms with Gasteiger partial charge in [0, 0.05) is 23.4 Å². The van der Waals surface area contributed by atoms with E-state index < -0.39 is 0 Å². The standard InChI is InChI=1S/C14H12BrNO2/c15-10-12-7-5-11(6-8-12)9-13-3-1-2-4-14(13)16(17)18/h1-8H,9-10H2. The van der Waals surface area contributed by atoms with E-state index in [2.05, 4.69) is 15.9 Å². The lowest BCUT2D eigenvalue weighted by Crippen LogP contribution is -1.96. The number of nitro benzene ring substituents is 1. The van der Waals surface area contributed by atoms with E-state index in [0.29, 0.717) is 6.42 Å². The number of halogens is 1. The maximum absolute atomic E-state index is 10.9. The average molecular weight is 306 g/mol. The Balaban J connectivity index is 2.25. The Morgan fingerprint density at radius 2 is 1.61 bits per heavy atom. The summed E-state index contributed by atoms with van der Waals surface area (Å²) in [6.07, 6.45) is 0.583. The number of nitro groups is 1. The minimum absolute atomic E-state index is 0.182. The molecule has 0 spiro atoms. The molecule has 0 amide bonds. The van der Waals surface area contributed by atoms with Gasteiger partial charge in [0.15, 0.2) is 0 Å². The van der Waals surface area contributed by atoms with E-state index in [1.807, 2.05) is 30.3 Å². The van der Waals surface area contributed by atoms with Crippen LogP contribution in [0.2, 0.25) is 0 Å². The van der Waals surface area contributed by atoms with E-state index >= 15 is 0 Å². The quantitative estimate of drug-likeness (QED) is 0.485. The molecule has 0 aromatic heterocycles. The monoisotopic (exact) mass is 305 g/mol. The summed E-state index contributed by atoms with van der Waals surface area (Å²) in [5.74, 6) is 0. The molecule has 92 valence electrons. The number of alkyl halides is 1. The highest BCUT2D eigenvalue weighted by Crippen LogP contribution is 2.21. The van der Waals surface area contributed by atoms with Gasteiger partial charge in [0.25, 0.3) is 5.69 Å². The predicted octanol–water partition coefficient (Wildman–Crippen LogP) is 4.08. The number of rotatable bonds is 4. The Kier molecular flexibility index (Phi) is 4.10. The minimum atomic E-state index is -0.331. The predicted molar refractivity (Wildman–Crippen MR) is 75.0 cm³/mol. The van der Waals surface area contributed by atoms with E-state index in [1.165, 1.54) is 5.56 Å². The molecule has 4 heteroatoms. The van der Waals surface area contributed by atoms with Crippen LogP contribution in [0.4, 0.5) is 5.69 Å². The summed E-state index contributed by atoms with van der Waals surface area (Å²) in [6.45, 7) is 0. The lowest BCUT2D eigenvalue weighted by atomic mass is 10.0. The first kappa shape index (κ1) is 12.8. The maximum atomic E-state index is 10.9. The first-order valence-corrected chi connectivity index (χ1v) is 6.69. The summed E-state index contributed by atoms with van der Waals surface area (Å²) in [7, 11) is 0. The van der Waals surface area contributed by atoms with Gasteiger partial charge < -0.3 is 0 Å². The molecule has 0 bridgehead atoms.